The fourth-order valence-electron chi connectivity index (χ4n) is 4.42. The lowest BCUT2D eigenvalue weighted by Crippen LogP contribution is -2.59. The Hall–Kier alpha value is -1.40. The maximum Gasteiger partial charge on any atom is 0.273 e. The maximum atomic E-state index is 12.6. The van der Waals surface area contributed by atoms with Gasteiger partial charge in [-0.05, 0) is 25.7 Å². The lowest BCUT2D eigenvalue weighted by Gasteiger charge is -2.48. The summed E-state index contributed by atoms with van der Waals surface area (Å²) in [7, 11) is 0. The molecule has 1 aromatic rings. The molecule has 4 rings (SSSR count). The van der Waals surface area contributed by atoms with Crippen LogP contribution in [0.2, 0.25) is 0 Å². The normalized spacial score (nSPS) is 24.6. The Labute approximate surface area is 149 Å². The van der Waals surface area contributed by atoms with Crippen LogP contribution in [-0.4, -0.2) is 54.2 Å². The molecule has 0 radical (unpaired) electrons. The quantitative estimate of drug-likeness (QED) is 0.887. The summed E-state index contributed by atoms with van der Waals surface area (Å²) in [5.41, 5.74) is 0.507. The molecular weight excluding hydrogens is 318 g/mol. The molecule has 0 atom stereocenters. The van der Waals surface area contributed by atoms with Crippen molar-refractivity contribution in [2.24, 2.45) is 0 Å². The molecule has 0 aromatic carbocycles. The van der Waals surface area contributed by atoms with E-state index in [-0.39, 0.29) is 11.4 Å². The van der Waals surface area contributed by atoms with Crippen LogP contribution in [0.4, 0.5) is 0 Å². The largest absolute Gasteiger partial charge is 0.448 e. The fraction of sp³-hybridized carbons (Fsp3) is 0.789. The van der Waals surface area contributed by atoms with E-state index in [1.54, 1.807) is 0 Å². The predicted octanol–water partition coefficient (Wildman–Crippen LogP) is 2.71. The van der Waals surface area contributed by atoms with Crippen molar-refractivity contribution in [2.45, 2.75) is 62.8 Å². The third-order valence-electron chi connectivity index (χ3n) is 6.25. The van der Waals surface area contributed by atoms with Crippen molar-refractivity contribution in [1.82, 2.24) is 15.2 Å². The van der Waals surface area contributed by atoms with Gasteiger partial charge in [-0.1, -0.05) is 25.7 Å². The van der Waals surface area contributed by atoms with Crippen LogP contribution >= 0.6 is 0 Å². The maximum absolute atomic E-state index is 12.6. The molecule has 6 nitrogen and oxygen atoms in total. The SMILES string of the molecule is O=C(NCC1(N2CCOCC2)CCCCC1)c1coc(C2CCC2)n1. The Bertz CT molecular complexity index is 584. The molecule has 1 saturated heterocycles. The van der Waals surface area contributed by atoms with E-state index in [0.717, 1.165) is 57.9 Å². The standard InChI is InChI=1S/C19H29N3O3/c23-17(16-13-25-18(21-16)15-5-4-6-15)20-14-19(7-2-1-3-8-19)22-9-11-24-12-10-22/h13,15H,1-12,14H2,(H,20,23). The number of aromatic nitrogens is 1. The van der Waals surface area contributed by atoms with Crippen LogP contribution in [0.1, 0.15) is 73.7 Å². The Morgan fingerprint density at radius 2 is 1.96 bits per heavy atom. The molecular formula is C19H29N3O3. The first kappa shape index (κ1) is 17.0. The number of amides is 1. The molecule has 0 spiro atoms. The topological polar surface area (TPSA) is 67.6 Å². The molecule has 3 fully saturated rings. The van der Waals surface area contributed by atoms with Crippen molar-refractivity contribution in [3.63, 3.8) is 0 Å². The third kappa shape index (κ3) is 3.60. The highest BCUT2D eigenvalue weighted by Crippen LogP contribution is 2.36. The molecule has 0 bridgehead atoms. The first-order chi connectivity index (χ1) is 12.3. The van der Waals surface area contributed by atoms with Crippen molar-refractivity contribution in [2.75, 3.05) is 32.8 Å². The zero-order chi connectivity index (χ0) is 17.1. The Balaban J connectivity index is 1.39. The molecule has 2 aliphatic carbocycles. The smallest absolute Gasteiger partial charge is 0.273 e. The van der Waals surface area contributed by atoms with Gasteiger partial charge in [0, 0.05) is 31.1 Å². The number of morpholine rings is 1. The van der Waals surface area contributed by atoms with Crippen molar-refractivity contribution in [3.05, 3.63) is 17.8 Å². The molecule has 1 amide bonds. The highest BCUT2D eigenvalue weighted by Gasteiger charge is 2.39. The highest BCUT2D eigenvalue weighted by atomic mass is 16.5. The molecule has 6 heteroatoms. The summed E-state index contributed by atoms with van der Waals surface area (Å²) in [5.74, 6) is 1.05. The summed E-state index contributed by atoms with van der Waals surface area (Å²) < 4.78 is 11.0. The van der Waals surface area contributed by atoms with Crippen LogP contribution in [0, 0.1) is 0 Å². The van der Waals surface area contributed by atoms with Gasteiger partial charge in [0.05, 0.1) is 13.2 Å². The first-order valence-electron chi connectivity index (χ1n) is 9.83. The number of oxazole rings is 1. The van der Waals surface area contributed by atoms with E-state index < -0.39 is 0 Å². The minimum atomic E-state index is -0.104. The molecule has 1 aliphatic heterocycles. The van der Waals surface area contributed by atoms with Gasteiger partial charge >= 0.3 is 0 Å². The van der Waals surface area contributed by atoms with Gasteiger partial charge in [-0.25, -0.2) is 4.98 Å². The number of nitrogens with one attached hydrogen (secondary N) is 1. The van der Waals surface area contributed by atoms with E-state index in [4.69, 9.17) is 9.15 Å². The lowest BCUT2D eigenvalue weighted by atomic mass is 9.79. The number of nitrogens with zero attached hydrogens (tertiary/aromatic N) is 2. The average molecular weight is 347 g/mol. The van der Waals surface area contributed by atoms with Gasteiger partial charge in [-0.3, -0.25) is 9.69 Å². The van der Waals surface area contributed by atoms with E-state index in [0.29, 0.717) is 18.2 Å². The van der Waals surface area contributed by atoms with E-state index in [1.165, 1.54) is 31.9 Å². The van der Waals surface area contributed by atoms with E-state index in [1.807, 2.05) is 0 Å². The van der Waals surface area contributed by atoms with Crippen LogP contribution in [0.5, 0.6) is 0 Å². The van der Waals surface area contributed by atoms with Crippen LogP contribution in [0.15, 0.2) is 10.7 Å². The Morgan fingerprint density at radius 1 is 1.20 bits per heavy atom. The van der Waals surface area contributed by atoms with Gasteiger partial charge in [0.15, 0.2) is 11.6 Å². The second kappa shape index (κ2) is 7.46. The van der Waals surface area contributed by atoms with Gasteiger partial charge in [0.25, 0.3) is 5.91 Å². The number of ether oxygens (including phenoxy) is 1. The molecule has 25 heavy (non-hydrogen) atoms. The zero-order valence-electron chi connectivity index (χ0n) is 15.0. The summed E-state index contributed by atoms with van der Waals surface area (Å²) in [6.07, 6.45) is 11.1. The Morgan fingerprint density at radius 3 is 2.64 bits per heavy atom. The monoisotopic (exact) mass is 347 g/mol. The summed E-state index contributed by atoms with van der Waals surface area (Å²) in [5, 5.41) is 3.15. The minimum Gasteiger partial charge on any atom is -0.448 e. The van der Waals surface area contributed by atoms with Crippen molar-refractivity contribution in [1.29, 1.82) is 0 Å². The predicted molar refractivity (Wildman–Crippen MR) is 93.6 cm³/mol. The first-order valence-corrected chi connectivity index (χ1v) is 9.83. The van der Waals surface area contributed by atoms with Gasteiger partial charge in [-0.2, -0.15) is 0 Å². The molecule has 2 saturated carbocycles. The number of hydrogen-bond donors (Lipinski definition) is 1. The van der Waals surface area contributed by atoms with E-state index in [2.05, 4.69) is 15.2 Å². The second-order valence-electron chi connectivity index (χ2n) is 7.77. The molecule has 1 aromatic heterocycles. The Kier molecular flexibility index (Phi) is 5.08. The number of carbonyl (C=O) groups excluding carboxylic acids is 1. The summed E-state index contributed by atoms with van der Waals surface area (Å²) in [4.78, 5) is 19.5. The van der Waals surface area contributed by atoms with Crippen molar-refractivity contribution < 1.29 is 13.9 Å². The van der Waals surface area contributed by atoms with Gasteiger partial charge in [0.2, 0.25) is 0 Å². The van der Waals surface area contributed by atoms with E-state index >= 15 is 0 Å². The summed E-state index contributed by atoms with van der Waals surface area (Å²) >= 11 is 0. The van der Waals surface area contributed by atoms with E-state index in [9.17, 15) is 4.79 Å². The van der Waals surface area contributed by atoms with Gasteiger partial charge < -0.3 is 14.5 Å². The number of carbonyl (C=O) groups is 1. The molecule has 1 N–H and O–H groups in total. The fourth-order valence-corrected chi connectivity index (χ4v) is 4.42. The van der Waals surface area contributed by atoms with Crippen LogP contribution in [-0.2, 0) is 4.74 Å². The summed E-state index contributed by atoms with van der Waals surface area (Å²) in [6, 6.07) is 0. The third-order valence-corrected chi connectivity index (χ3v) is 6.25. The zero-order valence-corrected chi connectivity index (χ0v) is 15.0. The molecule has 138 valence electrons. The molecule has 3 aliphatic rings. The molecule has 2 heterocycles. The number of hydrogen-bond acceptors (Lipinski definition) is 5. The highest BCUT2D eigenvalue weighted by molar-refractivity contribution is 5.91. The van der Waals surface area contributed by atoms with Gasteiger partial charge in [0.1, 0.15) is 6.26 Å². The summed E-state index contributed by atoms with van der Waals surface area (Å²) in [6.45, 7) is 4.21. The van der Waals surface area contributed by atoms with Crippen molar-refractivity contribution in [3.8, 4) is 0 Å². The van der Waals surface area contributed by atoms with Crippen molar-refractivity contribution >= 4 is 5.91 Å². The van der Waals surface area contributed by atoms with Gasteiger partial charge in [-0.15, -0.1) is 0 Å². The lowest BCUT2D eigenvalue weighted by molar-refractivity contribution is -0.0361. The van der Waals surface area contributed by atoms with Crippen LogP contribution in [0.25, 0.3) is 0 Å². The van der Waals surface area contributed by atoms with Crippen LogP contribution in [0.3, 0.4) is 0 Å². The number of rotatable bonds is 5. The molecule has 0 unspecified atom stereocenters. The second-order valence-corrected chi connectivity index (χ2v) is 7.77. The average Bonchev–Trinajstić information content (AvgIpc) is 3.09. The van der Waals surface area contributed by atoms with Crippen LogP contribution < -0.4 is 5.32 Å². The minimum absolute atomic E-state index is 0.0816.